The molecule has 1 aromatic rings. The van der Waals surface area contributed by atoms with Gasteiger partial charge in [0.25, 0.3) is 0 Å². The highest BCUT2D eigenvalue weighted by Crippen LogP contribution is 2.08. The Labute approximate surface area is 170 Å². The van der Waals surface area contributed by atoms with Crippen molar-refractivity contribution in [3.63, 3.8) is 0 Å². The van der Waals surface area contributed by atoms with Crippen molar-refractivity contribution in [2.24, 2.45) is 5.92 Å². The molecule has 0 bridgehead atoms. The van der Waals surface area contributed by atoms with Crippen molar-refractivity contribution in [3.8, 4) is 0 Å². The Balaban J connectivity index is 1.89. The first-order valence-electron chi connectivity index (χ1n) is 9.80. The summed E-state index contributed by atoms with van der Waals surface area (Å²) in [5.41, 5.74) is 0.844. The molecule has 160 valence electrons. The molecule has 2 rings (SSSR count). The second kappa shape index (κ2) is 11.3. The summed E-state index contributed by atoms with van der Waals surface area (Å²) >= 11 is 0. The van der Waals surface area contributed by atoms with E-state index in [1.165, 1.54) is 4.90 Å². The summed E-state index contributed by atoms with van der Waals surface area (Å²) in [6, 6.07) is 7.60. The number of nitrogens with one attached hydrogen (secondary N) is 3. The van der Waals surface area contributed by atoms with Crippen molar-refractivity contribution in [2.75, 3.05) is 26.2 Å². The van der Waals surface area contributed by atoms with E-state index in [0.29, 0.717) is 19.5 Å². The van der Waals surface area contributed by atoms with Crippen LogP contribution in [-0.2, 0) is 16.1 Å². The average molecular weight is 406 g/mol. The fourth-order valence-corrected chi connectivity index (χ4v) is 3.01. The van der Waals surface area contributed by atoms with Crippen LogP contribution in [0.2, 0.25) is 0 Å². The molecule has 29 heavy (non-hydrogen) atoms. The van der Waals surface area contributed by atoms with E-state index < -0.39 is 24.1 Å². The number of carbonyl (C=O) groups is 3. The minimum absolute atomic E-state index is 0.103. The molecule has 2 unspecified atom stereocenters. The van der Waals surface area contributed by atoms with Crippen LogP contribution < -0.4 is 16.0 Å². The first kappa shape index (κ1) is 22.5. The fraction of sp³-hybridized carbons (Fsp3) is 0.550. The molecule has 0 aromatic heterocycles. The molecule has 1 aromatic carbocycles. The van der Waals surface area contributed by atoms with Gasteiger partial charge in [0.2, 0.25) is 5.91 Å². The molecule has 1 heterocycles. The lowest BCUT2D eigenvalue weighted by atomic mass is 10.0. The largest absolute Gasteiger partial charge is 0.445 e. The number of hydrogen-bond donors (Lipinski definition) is 4. The third-order valence-electron chi connectivity index (χ3n) is 4.48. The maximum absolute atomic E-state index is 12.7. The Kier molecular flexibility index (Phi) is 8.72. The summed E-state index contributed by atoms with van der Waals surface area (Å²) in [5.74, 6) is -0.272. The SMILES string of the molecule is CC(C)CC(NC(=O)OCc1ccccc1)C(=O)NC(CO)CN1CCNC1=O. The number of hydrogen-bond acceptors (Lipinski definition) is 5. The molecule has 0 saturated carbocycles. The highest BCUT2D eigenvalue weighted by Gasteiger charge is 2.27. The lowest BCUT2D eigenvalue weighted by molar-refractivity contribution is -0.124. The van der Waals surface area contributed by atoms with Crippen molar-refractivity contribution in [2.45, 2.75) is 39.0 Å². The summed E-state index contributed by atoms with van der Waals surface area (Å²) in [6.07, 6.45) is -0.275. The lowest BCUT2D eigenvalue weighted by Crippen LogP contribution is -2.54. The minimum Gasteiger partial charge on any atom is -0.445 e. The predicted molar refractivity (Wildman–Crippen MR) is 107 cm³/mol. The van der Waals surface area contributed by atoms with Crippen molar-refractivity contribution in [3.05, 3.63) is 35.9 Å². The normalized spacial score (nSPS) is 15.6. The summed E-state index contributed by atoms with van der Waals surface area (Å²) in [5, 5.41) is 17.6. The number of ether oxygens (including phenoxy) is 1. The smallest absolute Gasteiger partial charge is 0.408 e. The van der Waals surface area contributed by atoms with E-state index in [9.17, 15) is 19.5 Å². The van der Waals surface area contributed by atoms with Gasteiger partial charge in [0.05, 0.1) is 12.6 Å². The zero-order valence-corrected chi connectivity index (χ0v) is 16.9. The van der Waals surface area contributed by atoms with Gasteiger partial charge in [-0.25, -0.2) is 9.59 Å². The number of amides is 4. The van der Waals surface area contributed by atoms with Gasteiger partial charge in [0, 0.05) is 19.6 Å². The van der Waals surface area contributed by atoms with Crippen LogP contribution in [0.4, 0.5) is 9.59 Å². The van der Waals surface area contributed by atoms with Crippen molar-refractivity contribution >= 4 is 18.0 Å². The van der Waals surface area contributed by atoms with Crippen LogP contribution in [0.1, 0.15) is 25.8 Å². The van der Waals surface area contributed by atoms with Gasteiger partial charge in [-0.05, 0) is 17.9 Å². The number of alkyl carbamates (subject to hydrolysis) is 1. The Hall–Kier alpha value is -2.81. The number of rotatable bonds is 10. The van der Waals surface area contributed by atoms with Gasteiger partial charge in [0.15, 0.2) is 0 Å². The predicted octanol–water partition coefficient (Wildman–Crippen LogP) is 0.830. The highest BCUT2D eigenvalue weighted by molar-refractivity contribution is 5.86. The number of nitrogens with zero attached hydrogens (tertiary/aromatic N) is 1. The fourth-order valence-electron chi connectivity index (χ4n) is 3.01. The molecule has 9 heteroatoms. The van der Waals surface area contributed by atoms with E-state index in [1.807, 2.05) is 44.2 Å². The molecule has 1 fully saturated rings. The molecule has 1 saturated heterocycles. The molecule has 1 aliphatic rings. The summed E-state index contributed by atoms with van der Waals surface area (Å²) in [4.78, 5) is 38.1. The zero-order chi connectivity index (χ0) is 21.2. The van der Waals surface area contributed by atoms with Crippen molar-refractivity contribution in [1.82, 2.24) is 20.9 Å². The molecule has 4 amide bonds. The Morgan fingerprint density at radius 1 is 1.24 bits per heavy atom. The minimum atomic E-state index is -0.806. The molecule has 0 spiro atoms. The van der Waals surface area contributed by atoms with Crippen LogP contribution in [0.15, 0.2) is 30.3 Å². The lowest BCUT2D eigenvalue weighted by Gasteiger charge is -2.26. The molecule has 0 radical (unpaired) electrons. The second-order valence-corrected chi connectivity index (χ2v) is 7.45. The molecule has 2 atom stereocenters. The van der Waals surface area contributed by atoms with E-state index in [0.717, 1.165) is 5.56 Å². The third kappa shape index (κ3) is 7.61. The molecular weight excluding hydrogens is 376 g/mol. The van der Waals surface area contributed by atoms with Gasteiger partial charge in [-0.3, -0.25) is 4.79 Å². The van der Waals surface area contributed by atoms with Gasteiger partial charge < -0.3 is 30.7 Å². The molecule has 0 aliphatic carbocycles. The van der Waals surface area contributed by atoms with Crippen LogP contribution in [-0.4, -0.2) is 66.4 Å². The zero-order valence-electron chi connectivity index (χ0n) is 16.9. The monoisotopic (exact) mass is 406 g/mol. The first-order chi connectivity index (χ1) is 13.9. The number of urea groups is 1. The number of aliphatic hydroxyl groups excluding tert-OH is 1. The number of carbonyl (C=O) groups excluding carboxylic acids is 3. The highest BCUT2D eigenvalue weighted by atomic mass is 16.5. The standard InChI is InChI=1S/C20H30N4O5/c1-14(2)10-17(23-20(28)29-13-15-6-4-3-5-7-15)18(26)22-16(12-25)11-24-9-8-21-19(24)27/h3-7,14,16-17,25H,8-13H2,1-2H3,(H,21,27)(H,22,26)(H,23,28). The molecular formula is C20H30N4O5. The van der Waals surface area contributed by atoms with Crippen molar-refractivity contribution < 1.29 is 24.2 Å². The number of benzene rings is 1. The average Bonchev–Trinajstić information content (AvgIpc) is 3.10. The van der Waals surface area contributed by atoms with E-state index >= 15 is 0 Å². The van der Waals surface area contributed by atoms with Gasteiger partial charge in [0.1, 0.15) is 12.6 Å². The maximum Gasteiger partial charge on any atom is 0.408 e. The Morgan fingerprint density at radius 2 is 1.97 bits per heavy atom. The second-order valence-electron chi connectivity index (χ2n) is 7.45. The number of aliphatic hydroxyl groups is 1. The molecule has 1 aliphatic heterocycles. The summed E-state index contributed by atoms with van der Waals surface area (Å²) in [6.45, 7) is 4.92. The summed E-state index contributed by atoms with van der Waals surface area (Å²) in [7, 11) is 0. The van der Waals surface area contributed by atoms with E-state index in [4.69, 9.17) is 4.74 Å². The van der Waals surface area contributed by atoms with Crippen LogP contribution in [0.25, 0.3) is 0 Å². The van der Waals surface area contributed by atoms with Crippen LogP contribution in [0, 0.1) is 5.92 Å². The topological polar surface area (TPSA) is 120 Å². The van der Waals surface area contributed by atoms with Gasteiger partial charge in [-0.2, -0.15) is 0 Å². The van der Waals surface area contributed by atoms with Gasteiger partial charge >= 0.3 is 12.1 Å². The van der Waals surface area contributed by atoms with Crippen molar-refractivity contribution in [1.29, 1.82) is 0 Å². The summed E-state index contributed by atoms with van der Waals surface area (Å²) < 4.78 is 5.20. The van der Waals surface area contributed by atoms with E-state index in [1.54, 1.807) is 0 Å². The van der Waals surface area contributed by atoms with Crippen LogP contribution >= 0.6 is 0 Å². The molecule has 4 N–H and O–H groups in total. The van der Waals surface area contributed by atoms with Gasteiger partial charge in [-0.15, -0.1) is 0 Å². The van der Waals surface area contributed by atoms with E-state index in [2.05, 4.69) is 16.0 Å². The van der Waals surface area contributed by atoms with Gasteiger partial charge in [-0.1, -0.05) is 44.2 Å². The van der Waals surface area contributed by atoms with Crippen LogP contribution in [0.5, 0.6) is 0 Å². The molecule has 9 nitrogen and oxygen atoms in total. The van der Waals surface area contributed by atoms with E-state index in [-0.39, 0.29) is 31.7 Å². The third-order valence-corrected chi connectivity index (χ3v) is 4.48. The maximum atomic E-state index is 12.7. The first-order valence-corrected chi connectivity index (χ1v) is 9.80. The Bertz CT molecular complexity index is 683. The quantitative estimate of drug-likeness (QED) is 0.459. The Morgan fingerprint density at radius 3 is 2.55 bits per heavy atom. The van der Waals surface area contributed by atoms with Crippen LogP contribution in [0.3, 0.4) is 0 Å².